The number of carbonyl (C=O) groups is 1. The zero-order valence-corrected chi connectivity index (χ0v) is 17.9. The molecular weight excluding hydrogens is 402 g/mol. The Morgan fingerprint density at radius 2 is 1.84 bits per heavy atom. The zero-order valence-electron chi connectivity index (χ0n) is 17.9. The first-order valence-electron chi connectivity index (χ1n) is 10.8. The number of nitrogens with one attached hydrogen (secondary N) is 1. The molecule has 0 atom stereocenters. The Morgan fingerprint density at radius 1 is 1.06 bits per heavy atom. The number of aromatic nitrogens is 3. The molecule has 0 unspecified atom stereocenters. The molecule has 0 amide bonds. The van der Waals surface area contributed by atoms with Gasteiger partial charge in [0.2, 0.25) is 5.95 Å². The third-order valence-electron chi connectivity index (χ3n) is 6.02. The second-order valence-corrected chi connectivity index (χ2v) is 7.92. The van der Waals surface area contributed by atoms with Gasteiger partial charge in [0.05, 0.1) is 11.6 Å². The van der Waals surface area contributed by atoms with E-state index in [1.54, 1.807) is 13.3 Å². The van der Waals surface area contributed by atoms with Crippen LogP contribution in [0.3, 0.4) is 0 Å². The van der Waals surface area contributed by atoms with Crippen LogP contribution in [-0.2, 0) is 4.74 Å². The summed E-state index contributed by atoms with van der Waals surface area (Å²) in [6.07, 6.45) is 6.88. The number of hydrogen-bond donors (Lipinski definition) is 1. The number of anilines is 3. The van der Waals surface area contributed by atoms with E-state index in [4.69, 9.17) is 4.74 Å². The largest absolute Gasteiger partial charge is 0.381 e. The highest BCUT2D eigenvalue weighted by molar-refractivity contribution is 5.98. The van der Waals surface area contributed by atoms with Crippen LogP contribution in [0.25, 0.3) is 16.7 Å². The molecule has 162 valence electrons. The number of benzene rings is 2. The van der Waals surface area contributed by atoms with Crippen LogP contribution in [0.1, 0.15) is 23.2 Å². The van der Waals surface area contributed by atoms with Crippen LogP contribution in [-0.4, -0.2) is 47.1 Å². The number of ether oxygens (including phenoxy) is 1. The molecule has 2 aromatic heterocycles. The lowest BCUT2D eigenvalue weighted by molar-refractivity contribution is 0.0819. The van der Waals surface area contributed by atoms with E-state index in [0.29, 0.717) is 23.4 Å². The van der Waals surface area contributed by atoms with Gasteiger partial charge in [-0.3, -0.25) is 4.79 Å². The fourth-order valence-electron chi connectivity index (χ4n) is 4.27. The molecule has 0 spiro atoms. The third kappa shape index (κ3) is 3.94. The summed E-state index contributed by atoms with van der Waals surface area (Å²) >= 11 is 0. The number of para-hydroxylation sites is 1. The Morgan fingerprint density at radius 3 is 2.59 bits per heavy atom. The Kier molecular flexibility index (Phi) is 5.56. The summed E-state index contributed by atoms with van der Waals surface area (Å²) in [6, 6.07) is 18.0. The number of piperidine rings is 1. The number of aldehydes is 1. The molecular formula is C25H25N5O2. The Hall–Kier alpha value is -3.71. The normalized spacial score (nSPS) is 14.6. The first-order valence-corrected chi connectivity index (χ1v) is 10.8. The lowest BCUT2D eigenvalue weighted by Gasteiger charge is -2.33. The average Bonchev–Trinajstić information content (AvgIpc) is 3.24. The molecule has 2 aromatic carbocycles. The Labute approximate surface area is 186 Å². The molecule has 4 aromatic rings. The highest BCUT2D eigenvalue weighted by Crippen LogP contribution is 2.25. The highest BCUT2D eigenvalue weighted by atomic mass is 16.5. The van der Waals surface area contributed by atoms with Crippen LogP contribution in [0, 0.1) is 0 Å². The van der Waals surface area contributed by atoms with Gasteiger partial charge in [-0.15, -0.1) is 0 Å². The van der Waals surface area contributed by atoms with Crippen LogP contribution >= 0.6 is 0 Å². The van der Waals surface area contributed by atoms with Gasteiger partial charge in [-0.2, -0.15) is 4.98 Å². The molecule has 1 aliphatic rings. The molecule has 32 heavy (non-hydrogen) atoms. The van der Waals surface area contributed by atoms with Gasteiger partial charge in [0.25, 0.3) is 0 Å². The zero-order chi connectivity index (χ0) is 21.9. The van der Waals surface area contributed by atoms with Gasteiger partial charge in [-0.1, -0.05) is 18.2 Å². The smallest absolute Gasteiger partial charge is 0.229 e. The predicted octanol–water partition coefficient (Wildman–Crippen LogP) is 4.59. The number of hydrogen-bond acceptors (Lipinski definition) is 6. The van der Waals surface area contributed by atoms with Gasteiger partial charge >= 0.3 is 0 Å². The van der Waals surface area contributed by atoms with Crippen molar-refractivity contribution in [3.63, 3.8) is 0 Å². The maximum absolute atomic E-state index is 11.5. The summed E-state index contributed by atoms with van der Waals surface area (Å²) < 4.78 is 7.38. The second kappa shape index (κ2) is 8.80. The van der Waals surface area contributed by atoms with Crippen LogP contribution < -0.4 is 10.2 Å². The molecule has 7 nitrogen and oxygen atoms in total. The number of methoxy groups -OCH3 is 1. The molecule has 0 saturated carbocycles. The molecule has 0 bridgehead atoms. The number of rotatable bonds is 6. The van der Waals surface area contributed by atoms with E-state index in [1.807, 2.05) is 53.2 Å². The van der Waals surface area contributed by atoms with E-state index in [9.17, 15) is 4.79 Å². The van der Waals surface area contributed by atoms with E-state index in [2.05, 4.69) is 32.3 Å². The summed E-state index contributed by atoms with van der Waals surface area (Å²) in [7, 11) is 1.79. The summed E-state index contributed by atoms with van der Waals surface area (Å²) in [6.45, 7) is 2.01. The fourth-order valence-corrected chi connectivity index (χ4v) is 4.27. The average molecular weight is 428 g/mol. The monoisotopic (exact) mass is 427 g/mol. The molecule has 3 heterocycles. The van der Waals surface area contributed by atoms with Crippen molar-refractivity contribution in [2.75, 3.05) is 30.4 Å². The third-order valence-corrected chi connectivity index (χ3v) is 6.02. The van der Waals surface area contributed by atoms with Crippen molar-refractivity contribution in [1.29, 1.82) is 0 Å². The molecule has 1 fully saturated rings. The number of carbonyl (C=O) groups excluding carboxylic acids is 1. The van der Waals surface area contributed by atoms with Crippen molar-refractivity contribution < 1.29 is 9.53 Å². The van der Waals surface area contributed by atoms with Gasteiger partial charge in [-0.25, -0.2) is 4.98 Å². The van der Waals surface area contributed by atoms with Gasteiger partial charge in [0, 0.05) is 54.9 Å². The first-order chi connectivity index (χ1) is 15.7. The maximum atomic E-state index is 11.5. The first kappa shape index (κ1) is 20.2. The molecule has 0 aliphatic carbocycles. The predicted molar refractivity (Wildman–Crippen MR) is 126 cm³/mol. The minimum Gasteiger partial charge on any atom is -0.381 e. The SMILES string of the molecule is COC1CCN(c2ccc(Nc3nccc(-n4cc(C=O)c5ccccc54)n3)cc2)CC1. The highest BCUT2D eigenvalue weighted by Gasteiger charge is 2.18. The van der Waals surface area contributed by atoms with Crippen molar-refractivity contribution in [1.82, 2.24) is 14.5 Å². The van der Waals surface area contributed by atoms with E-state index in [0.717, 1.165) is 48.8 Å². The van der Waals surface area contributed by atoms with E-state index in [1.165, 1.54) is 5.69 Å². The quantitative estimate of drug-likeness (QED) is 0.454. The summed E-state index contributed by atoms with van der Waals surface area (Å²) in [5, 5.41) is 4.19. The van der Waals surface area contributed by atoms with Gasteiger partial charge in [0.1, 0.15) is 5.82 Å². The van der Waals surface area contributed by atoms with Gasteiger partial charge in [0.15, 0.2) is 6.29 Å². The van der Waals surface area contributed by atoms with Gasteiger partial charge in [-0.05, 0) is 49.2 Å². The Bertz CT molecular complexity index is 1230. The summed E-state index contributed by atoms with van der Waals surface area (Å²) in [5.74, 6) is 1.20. The van der Waals surface area contributed by atoms with Crippen LogP contribution in [0.5, 0.6) is 0 Å². The summed E-state index contributed by atoms with van der Waals surface area (Å²) in [4.78, 5) is 22.9. The molecule has 1 aliphatic heterocycles. The Balaban J connectivity index is 1.34. The van der Waals surface area contributed by atoms with Gasteiger partial charge < -0.3 is 19.5 Å². The standard InChI is InChI=1S/C25H25N5O2/c1-32-21-11-14-29(15-12-21)20-8-6-19(7-9-20)27-25-26-13-10-24(28-25)30-16-18(17-31)22-4-2-3-5-23(22)30/h2-10,13,16-17,21H,11-12,14-15H2,1H3,(H,26,27,28). The minimum atomic E-state index is 0.372. The van der Waals surface area contributed by atoms with E-state index < -0.39 is 0 Å². The maximum Gasteiger partial charge on any atom is 0.229 e. The van der Waals surface area contributed by atoms with Crippen molar-refractivity contribution in [3.05, 3.63) is 72.6 Å². The number of fused-ring (bicyclic) bond motifs is 1. The lowest BCUT2D eigenvalue weighted by Crippen LogP contribution is -2.36. The number of nitrogens with zero attached hydrogens (tertiary/aromatic N) is 4. The van der Waals surface area contributed by atoms with Crippen molar-refractivity contribution >= 4 is 34.5 Å². The van der Waals surface area contributed by atoms with Crippen LogP contribution in [0.15, 0.2) is 67.0 Å². The molecule has 1 saturated heterocycles. The molecule has 5 rings (SSSR count). The van der Waals surface area contributed by atoms with E-state index in [-0.39, 0.29) is 0 Å². The van der Waals surface area contributed by atoms with E-state index >= 15 is 0 Å². The molecule has 7 heteroatoms. The summed E-state index contributed by atoms with van der Waals surface area (Å²) in [5.41, 5.74) is 3.70. The van der Waals surface area contributed by atoms with Crippen LogP contribution in [0.2, 0.25) is 0 Å². The topological polar surface area (TPSA) is 72.3 Å². The molecule has 0 radical (unpaired) electrons. The van der Waals surface area contributed by atoms with Crippen LogP contribution in [0.4, 0.5) is 17.3 Å². The van der Waals surface area contributed by atoms with Crippen molar-refractivity contribution in [2.24, 2.45) is 0 Å². The van der Waals surface area contributed by atoms with Crippen molar-refractivity contribution in [2.45, 2.75) is 18.9 Å². The second-order valence-electron chi connectivity index (χ2n) is 7.92. The fraction of sp³-hybridized carbons (Fsp3) is 0.240. The van der Waals surface area contributed by atoms with Crippen molar-refractivity contribution in [3.8, 4) is 5.82 Å². The minimum absolute atomic E-state index is 0.372. The lowest BCUT2D eigenvalue weighted by atomic mass is 10.1. The molecule has 1 N–H and O–H groups in total.